The number of aryl methyl sites for hydroxylation is 1. The fourth-order valence-electron chi connectivity index (χ4n) is 3.73. The lowest BCUT2D eigenvalue weighted by Gasteiger charge is -2.20. The van der Waals surface area contributed by atoms with Gasteiger partial charge < -0.3 is 15.5 Å². The molecular weight excluding hydrogens is 314 g/mol. The minimum Gasteiger partial charge on any atom is -0.338 e. The number of likely N-dealkylation sites (N-methyl/N-ethyl adjacent to an activating group) is 1. The number of hydrogen-bond donors (Lipinski definition) is 2. The fraction of sp³-hybridized carbons (Fsp3) is 0.474. The topological polar surface area (TPSA) is 62.2 Å². The summed E-state index contributed by atoms with van der Waals surface area (Å²) in [5.74, 6) is 0.881. The lowest BCUT2D eigenvalue weighted by molar-refractivity contribution is 0.235. The normalized spacial score (nSPS) is 21.9. The highest BCUT2D eigenvalue weighted by Crippen LogP contribution is 2.31. The number of nitrogens with zero attached hydrogens (tertiary/aromatic N) is 3. The number of carbonyl (C=O) groups is 1. The summed E-state index contributed by atoms with van der Waals surface area (Å²) in [6, 6.07) is 12.3. The highest BCUT2D eigenvalue weighted by atomic mass is 16.2. The van der Waals surface area contributed by atoms with E-state index < -0.39 is 0 Å². The smallest absolute Gasteiger partial charge is 0.315 e. The number of urea groups is 1. The maximum atomic E-state index is 12.3. The van der Waals surface area contributed by atoms with Gasteiger partial charge in [-0.3, -0.25) is 4.68 Å². The van der Waals surface area contributed by atoms with E-state index in [4.69, 9.17) is 0 Å². The molecule has 1 aromatic carbocycles. The second-order valence-corrected chi connectivity index (χ2v) is 6.95. The summed E-state index contributed by atoms with van der Waals surface area (Å²) in [4.78, 5) is 14.6. The van der Waals surface area contributed by atoms with Gasteiger partial charge in [-0.15, -0.1) is 0 Å². The second kappa shape index (κ2) is 7.70. The van der Waals surface area contributed by atoms with Crippen LogP contribution in [0.2, 0.25) is 0 Å². The van der Waals surface area contributed by atoms with Crippen LogP contribution in [0.1, 0.15) is 30.1 Å². The second-order valence-electron chi connectivity index (χ2n) is 6.95. The minimum atomic E-state index is -0.130. The molecule has 3 rings (SSSR count). The van der Waals surface area contributed by atoms with Gasteiger partial charge in [0.1, 0.15) is 0 Å². The zero-order valence-electron chi connectivity index (χ0n) is 15.1. The van der Waals surface area contributed by atoms with Crippen molar-refractivity contribution in [1.82, 2.24) is 25.3 Å². The highest BCUT2D eigenvalue weighted by Gasteiger charge is 2.32. The Morgan fingerprint density at radius 2 is 2.00 bits per heavy atom. The standard InChI is InChI=1S/C19H27N5O/c1-14(18-9-10-21-24(18)3)22-19(25)20-11-16-12-23(2)13-17(16)15-7-5-4-6-8-15/h4-10,14,16-17H,11-13H2,1-3H3,(H2,20,22,25)/t14?,16-,17+/m1/s1. The average molecular weight is 341 g/mol. The number of nitrogens with one attached hydrogen (secondary N) is 2. The first-order valence-electron chi connectivity index (χ1n) is 8.80. The number of rotatable bonds is 5. The summed E-state index contributed by atoms with van der Waals surface area (Å²) < 4.78 is 1.78. The van der Waals surface area contributed by atoms with Gasteiger partial charge >= 0.3 is 6.03 Å². The molecule has 6 heteroatoms. The molecular formula is C19H27N5O. The van der Waals surface area contributed by atoms with E-state index in [1.165, 1.54) is 5.56 Å². The molecule has 1 saturated heterocycles. The van der Waals surface area contributed by atoms with E-state index >= 15 is 0 Å². The third-order valence-corrected chi connectivity index (χ3v) is 5.03. The predicted octanol–water partition coefficient (Wildman–Crippen LogP) is 2.13. The van der Waals surface area contributed by atoms with Crippen molar-refractivity contribution < 1.29 is 4.79 Å². The van der Waals surface area contributed by atoms with E-state index in [0.29, 0.717) is 18.4 Å². The molecule has 1 fully saturated rings. The Morgan fingerprint density at radius 3 is 2.68 bits per heavy atom. The molecule has 2 aromatic rings. The van der Waals surface area contributed by atoms with Gasteiger partial charge in [0.05, 0.1) is 11.7 Å². The number of likely N-dealkylation sites (tertiary alicyclic amines) is 1. The van der Waals surface area contributed by atoms with Crippen LogP contribution in [-0.2, 0) is 7.05 Å². The molecule has 1 unspecified atom stereocenters. The Morgan fingerprint density at radius 1 is 1.24 bits per heavy atom. The molecule has 0 spiro atoms. The van der Waals surface area contributed by atoms with Crippen molar-refractivity contribution in [3.05, 3.63) is 53.9 Å². The van der Waals surface area contributed by atoms with Crippen molar-refractivity contribution in [2.45, 2.75) is 18.9 Å². The maximum absolute atomic E-state index is 12.3. The summed E-state index contributed by atoms with van der Waals surface area (Å²) in [5.41, 5.74) is 2.33. The third-order valence-electron chi connectivity index (χ3n) is 5.03. The molecule has 1 aromatic heterocycles. The number of hydrogen-bond acceptors (Lipinski definition) is 3. The Hall–Kier alpha value is -2.34. The molecule has 1 aliphatic heterocycles. The lowest BCUT2D eigenvalue weighted by Crippen LogP contribution is -2.41. The van der Waals surface area contributed by atoms with Crippen molar-refractivity contribution in [2.75, 3.05) is 26.7 Å². The largest absolute Gasteiger partial charge is 0.338 e. The first-order chi connectivity index (χ1) is 12.0. The van der Waals surface area contributed by atoms with Crippen LogP contribution in [0.15, 0.2) is 42.6 Å². The van der Waals surface area contributed by atoms with Crippen LogP contribution in [0.3, 0.4) is 0 Å². The molecule has 2 N–H and O–H groups in total. The summed E-state index contributed by atoms with van der Waals surface area (Å²) in [6.45, 7) is 4.67. The number of carbonyl (C=O) groups excluding carboxylic acids is 1. The number of aromatic nitrogens is 2. The van der Waals surface area contributed by atoms with Crippen molar-refractivity contribution in [3.8, 4) is 0 Å². The monoisotopic (exact) mass is 341 g/mol. The number of amides is 2. The van der Waals surface area contributed by atoms with Gasteiger partial charge in [-0.25, -0.2) is 4.79 Å². The molecule has 25 heavy (non-hydrogen) atoms. The van der Waals surface area contributed by atoms with E-state index in [2.05, 4.69) is 51.9 Å². The van der Waals surface area contributed by atoms with Crippen LogP contribution in [0.4, 0.5) is 4.79 Å². The molecule has 0 bridgehead atoms. The van der Waals surface area contributed by atoms with E-state index in [9.17, 15) is 4.79 Å². The quantitative estimate of drug-likeness (QED) is 0.876. The molecule has 2 amide bonds. The molecule has 0 aliphatic carbocycles. The lowest BCUT2D eigenvalue weighted by atomic mass is 9.89. The molecule has 3 atom stereocenters. The van der Waals surface area contributed by atoms with Gasteiger partial charge in [0, 0.05) is 38.8 Å². The SMILES string of the molecule is CC(NC(=O)NC[C@@H]1CN(C)C[C@H]1c1ccccc1)c1ccnn1C. The average Bonchev–Trinajstić information content (AvgIpc) is 3.19. The summed E-state index contributed by atoms with van der Waals surface area (Å²) >= 11 is 0. The summed E-state index contributed by atoms with van der Waals surface area (Å²) in [7, 11) is 4.02. The van der Waals surface area contributed by atoms with Gasteiger partial charge in [-0.05, 0) is 31.5 Å². The van der Waals surface area contributed by atoms with Crippen molar-refractivity contribution in [1.29, 1.82) is 0 Å². The van der Waals surface area contributed by atoms with E-state index in [1.807, 2.05) is 26.1 Å². The Bertz CT molecular complexity index is 699. The Labute approximate surface area is 149 Å². The first kappa shape index (κ1) is 17.5. The van der Waals surface area contributed by atoms with Crippen LogP contribution in [0.25, 0.3) is 0 Å². The van der Waals surface area contributed by atoms with Gasteiger partial charge in [0.15, 0.2) is 0 Å². The number of benzene rings is 1. The van der Waals surface area contributed by atoms with Crippen molar-refractivity contribution in [3.63, 3.8) is 0 Å². The first-order valence-corrected chi connectivity index (χ1v) is 8.80. The Kier molecular flexibility index (Phi) is 5.38. The predicted molar refractivity (Wildman–Crippen MR) is 98.3 cm³/mol. The van der Waals surface area contributed by atoms with Crippen LogP contribution < -0.4 is 10.6 Å². The maximum Gasteiger partial charge on any atom is 0.315 e. The Balaban J connectivity index is 1.55. The van der Waals surface area contributed by atoms with Crippen molar-refractivity contribution >= 4 is 6.03 Å². The third kappa shape index (κ3) is 4.20. The van der Waals surface area contributed by atoms with E-state index in [0.717, 1.165) is 18.8 Å². The molecule has 0 saturated carbocycles. The van der Waals surface area contributed by atoms with Crippen LogP contribution in [-0.4, -0.2) is 47.4 Å². The van der Waals surface area contributed by atoms with Crippen molar-refractivity contribution in [2.24, 2.45) is 13.0 Å². The summed E-state index contributed by atoms with van der Waals surface area (Å²) in [5, 5.41) is 10.2. The van der Waals surface area contributed by atoms with Gasteiger partial charge in [-0.1, -0.05) is 30.3 Å². The molecule has 1 aliphatic rings. The van der Waals surface area contributed by atoms with Gasteiger partial charge in [0.25, 0.3) is 0 Å². The van der Waals surface area contributed by atoms with Crippen LogP contribution in [0, 0.1) is 5.92 Å². The van der Waals surface area contributed by atoms with E-state index in [1.54, 1.807) is 10.9 Å². The van der Waals surface area contributed by atoms with Crippen LogP contribution in [0.5, 0.6) is 0 Å². The summed E-state index contributed by atoms with van der Waals surface area (Å²) in [6.07, 6.45) is 1.74. The highest BCUT2D eigenvalue weighted by molar-refractivity contribution is 5.74. The molecule has 2 heterocycles. The zero-order valence-corrected chi connectivity index (χ0v) is 15.1. The van der Waals surface area contributed by atoms with Gasteiger partial charge in [0.2, 0.25) is 0 Å². The molecule has 134 valence electrons. The van der Waals surface area contributed by atoms with E-state index in [-0.39, 0.29) is 12.1 Å². The minimum absolute atomic E-state index is 0.0799. The molecule has 6 nitrogen and oxygen atoms in total. The fourth-order valence-corrected chi connectivity index (χ4v) is 3.73. The van der Waals surface area contributed by atoms with Crippen LogP contribution >= 0.6 is 0 Å². The molecule has 0 radical (unpaired) electrons. The van der Waals surface area contributed by atoms with Gasteiger partial charge in [-0.2, -0.15) is 5.10 Å². The zero-order chi connectivity index (χ0) is 17.8.